The summed E-state index contributed by atoms with van der Waals surface area (Å²) in [4.78, 5) is 26.8. The number of anilines is 1. The second-order valence-electron chi connectivity index (χ2n) is 5.96. The topological polar surface area (TPSA) is 49.4 Å². The molecule has 2 amide bonds. The third-order valence-electron chi connectivity index (χ3n) is 4.19. The Balaban J connectivity index is 1.65. The molecule has 0 aromatic heterocycles. The van der Waals surface area contributed by atoms with E-state index in [-0.39, 0.29) is 17.7 Å². The quantitative estimate of drug-likeness (QED) is 0.921. The zero-order chi connectivity index (χ0) is 16.9. The summed E-state index contributed by atoms with van der Waals surface area (Å²) in [6.45, 7) is 1.10. The lowest BCUT2D eigenvalue weighted by molar-refractivity contribution is -0.121. The average molecular weight is 343 g/mol. The number of nitrogens with one attached hydrogen (secondary N) is 1. The molecule has 0 saturated carbocycles. The number of likely N-dealkylation sites (tertiary alicyclic amines) is 1. The maximum atomic E-state index is 12.6. The molecule has 1 aliphatic heterocycles. The van der Waals surface area contributed by atoms with Crippen molar-refractivity contribution >= 4 is 29.1 Å². The summed E-state index contributed by atoms with van der Waals surface area (Å²) in [5, 5.41) is 3.46. The van der Waals surface area contributed by atoms with E-state index in [0.717, 1.165) is 18.5 Å². The summed E-state index contributed by atoms with van der Waals surface area (Å²) in [6.07, 6.45) is 1.61. The van der Waals surface area contributed by atoms with Crippen LogP contribution in [0.4, 0.5) is 5.69 Å². The van der Waals surface area contributed by atoms with Gasteiger partial charge in [-0.25, -0.2) is 0 Å². The summed E-state index contributed by atoms with van der Waals surface area (Å²) >= 11 is 5.96. The van der Waals surface area contributed by atoms with E-state index in [2.05, 4.69) is 5.32 Å². The molecule has 1 N–H and O–H groups in total. The molecule has 0 aliphatic carbocycles. The number of amides is 2. The second-order valence-corrected chi connectivity index (χ2v) is 6.39. The van der Waals surface area contributed by atoms with Gasteiger partial charge in [-0.05, 0) is 43.2 Å². The molecule has 3 rings (SSSR count). The zero-order valence-electron chi connectivity index (χ0n) is 13.2. The van der Waals surface area contributed by atoms with Crippen LogP contribution in [0.1, 0.15) is 23.2 Å². The smallest absolute Gasteiger partial charge is 0.253 e. The zero-order valence-corrected chi connectivity index (χ0v) is 14.0. The molecule has 0 bridgehead atoms. The monoisotopic (exact) mass is 342 g/mol. The molecule has 5 heteroatoms. The van der Waals surface area contributed by atoms with Crippen LogP contribution in [0.3, 0.4) is 0 Å². The van der Waals surface area contributed by atoms with Crippen molar-refractivity contribution in [2.24, 2.45) is 5.92 Å². The molecule has 24 heavy (non-hydrogen) atoms. The van der Waals surface area contributed by atoms with Gasteiger partial charge in [0.15, 0.2) is 0 Å². The maximum absolute atomic E-state index is 12.6. The van der Waals surface area contributed by atoms with Crippen molar-refractivity contribution in [2.75, 3.05) is 18.4 Å². The van der Waals surface area contributed by atoms with Crippen LogP contribution in [0.5, 0.6) is 0 Å². The SMILES string of the molecule is O=C(Nc1ccccc1)[C@H]1CCCN(C(=O)c2cccc(Cl)c2)C1. The predicted molar refractivity (Wildman–Crippen MR) is 95.2 cm³/mol. The predicted octanol–water partition coefficient (Wildman–Crippen LogP) is 3.83. The number of benzene rings is 2. The first kappa shape index (κ1) is 16.5. The fraction of sp³-hybridized carbons (Fsp3) is 0.263. The third-order valence-corrected chi connectivity index (χ3v) is 4.43. The number of hydrogen-bond donors (Lipinski definition) is 1. The molecular formula is C19H19ClN2O2. The number of para-hydroxylation sites is 1. The lowest BCUT2D eigenvalue weighted by atomic mass is 9.96. The first-order chi connectivity index (χ1) is 11.6. The molecular weight excluding hydrogens is 324 g/mol. The highest BCUT2D eigenvalue weighted by molar-refractivity contribution is 6.30. The number of carbonyl (C=O) groups excluding carboxylic acids is 2. The largest absolute Gasteiger partial charge is 0.338 e. The van der Waals surface area contributed by atoms with E-state index < -0.39 is 0 Å². The van der Waals surface area contributed by atoms with Gasteiger partial charge in [-0.3, -0.25) is 9.59 Å². The maximum Gasteiger partial charge on any atom is 0.253 e. The van der Waals surface area contributed by atoms with Crippen LogP contribution < -0.4 is 5.32 Å². The number of piperidine rings is 1. The van der Waals surface area contributed by atoms with Crippen LogP contribution in [0.15, 0.2) is 54.6 Å². The van der Waals surface area contributed by atoms with Crippen molar-refractivity contribution in [2.45, 2.75) is 12.8 Å². The van der Waals surface area contributed by atoms with Crippen LogP contribution in [0.2, 0.25) is 5.02 Å². The minimum Gasteiger partial charge on any atom is -0.338 e. The van der Waals surface area contributed by atoms with Gasteiger partial charge >= 0.3 is 0 Å². The Morgan fingerprint density at radius 1 is 1.08 bits per heavy atom. The number of nitrogens with zero attached hydrogens (tertiary/aromatic N) is 1. The van der Waals surface area contributed by atoms with Gasteiger partial charge in [0.05, 0.1) is 5.92 Å². The van der Waals surface area contributed by atoms with Gasteiger partial charge in [0.25, 0.3) is 5.91 Å². The van der Waals surface area contributed by atoms with Crippen LogP contribution in [-0.2, 0) is 4.79 Å². The third kappa shape index (κ3) is 3.95. The highest BCUT2D eigenvalue weighted by atomic mass is 35.5. The fourth-order valence-electron chi connectivity index (χ4n) is 2.95. The van der Waals surface area contributed by atoms with Crippen molar-refractivity contribution in [3.05, 3.63) is 65.2 Å². The van der Waals surface area contributed by atoms with Crippen molar-refractivity contribution in [3.8, 4) is 0 Å². The first-order valence-electron chi connectivity index (χ1n) is 8.04. The van der Waals surface area contributed by atoms with Gasteiger partial charge in [-0.15, -0.1) is 0 Å². The summed E-state index contributed by atoms with van der Waals surface area (Å²) in [5.74, 6) is -0.304. The molecule has 1 heterocycles. The molecule has 1 fully saturated rings. The van der Waals surface area contributed by atoms with Gasteiger partial charge in [-0.2, -0.15) is 0 Å². The normalized spacial score (nSPS) is 17.4. The Kier molecular flexibility index (Phi) is 5.16. The summed E-state index contributed by atoms with van der Waals surface area (Å²) in [7, 11) is 0. The Bertz CT molecular complexity index is 733. The lowest BCUT2D eigenvalue weighted by Crippen LogP contribution is -2.43. The van der Waals surface area contributed by atoms with Gasteiger partial charge < -0.3 is 10.2 Å². The number of hydrogen-bond acceptors (Lipinski definition) is 2. The van der Waals surface area contributed by atoms with E-state index >= 15 is 0 Å². The van der Waals surface area contributed by atoms with Crippen LogP contribution >= 0.6 is 11.6 Å². The van der Waals surface area contributed by atoms with Gasteiger partial charge in [-0.1, -0.05) is 35.9 Å². The van der Waals surface area contributed by atoms with Crippen molar-refractivity contribution < 1.29 is 9.59 Å². The molecule has 4 nitrogen and oxygen atoms in total. The van der Waals surface area contributed by atoms with E-state index in [1.807, 2.05) is 30.3 Å². The van der Waals surface area contributed by atoms with E-state index in [4.69, 9.17) is 11.6 Å². The molecule has 0 radical (unpaired) electrons. The Morgan fingerprint density at radius 3 is 2.62 bits per heavy atom. The van der Waals surface area contributed by atoms with Crippen molar-refractivity contribution in [1.29, 1.82) is 0 Å². The average Bonchev–Trinajstić information content (AvgIpc) is 2.62. The number of halogens is 1. The standard InChI is InChI=1S/C19H19ClN2O2/c20-16-8-4-6-14(12-16)19(24)22-11-5-7-15(13-22)18(23)21-17-9-2-1-3-10-17/h1-4,6,8-10,12,15H,5,7,11,13H2,(H,21,23)/t15-/m0/s1. The van der Waals surface area contributed by atoms with Crippen molar-refractivity contribution in [3.63, 3.8) is 0 Å². The molecule has 1 atom stereocenters. The Hall–Kier alpha value is -2.33. The summed E-state index contributed by atoms with van der Waals surface area (Å²) in [5.41, 5.74) is 1.34. The lowest BCUT2D eigenvalue weighted by Gasteiger charge is -2.32. The molecule has 2 aromatic carbocycles. The first-order valence-corrected chi connectivity index (χ1v) is 8.42. The van der Waals surface area contributed by atoms with E-state index in [9.17, 15) is 9.59 Å². The Morgan fingerprint density at radius 2 is 1.88 bits per heavy atom. The van der Waals surface area contributed by atoms with Gasteiger partial charge in [0.1, 0.15) is 0 Å². The highest BCUT2D eigenvalue weighted by Crippen LogP contribution is 2.21. The molecule has 2 aromatic rings. The number of rotatable bonds is 3. The van der Waals surface area contributed by atoms with Crippen LogP contribution in [0.25, 0.3) is 0 Å². The van der Waals surface area contributed by atoms with Gasteiger partial charge in [0, 0.05) is 29.4 Å². The van der Waals surface area contributed by atoms with E-state index in [0.29, 0.717) is 23.7 Å². The van der Waals surface area contributed by atoms with Crippen molar-refractivity contribution in [1.82, 2.24) is 4.90 Å². The molecule has 0 spiro atoms. The molecule has 0 unspecified atom stereocenters. The van der Waals surface area contributed by atoms with Gasteiger partial charge in [0.2, 0.25) is 5.91 Å². The van der Waals surface area contributed by atoms with E-state index in [1.165, 1.54) is 0 Å². The molecule has 124 valence electrons. The van der Waals surface area contributed by atoms with Crippen LogP contribution in [-0.4, -0.2) is 29.8 Å². The fourth-order valence-corrected chi connectivity index (χ4v) is 3.14. The summed E-state index contributed by atoms with van der Waals surface area (Å²) < 4.78 is 0. The molecule has 1 saturated heterocycles. The number of carbonyl (C=O) groups is 2. The summed E-state index contributed by atoms with van der Waals surface area (Å²) in [6, 6.07) is 16.3. The minimum absolute atomic E-state index is 0.0372. The van der Waals surface area contributed by atoms with E-state index in [1.54, 1.807) is 29.2 Å². The minimum atomic E-state index is -0.193. The highest BCUT2D eigenvalue weighted by Gasteiger charge is 2.29. The molecule has 1 aliphatic rings. The second kappa shape index (κ2) is 7.49. The van der Waals surface area contributed by atoms with Crippen LogP contribution in [0, 0.1) is 5.92 Å². The Labute approximate surface area is 146 Å².